The minimum Gasteiger partial charge on any atom is -0.383 e. The van der Waals surface area contributed by atoms with Crippen LogP contribution < -0.4 is 10.0 Å². The summed E-state index contributed by atoms with van der Waals surface area (Å²) in [6.07, 6.45) is 1.34. The Morgan fingerprint density at radius 3 is 2.35 bits per heavy atom. The first-order chi connectivity index (χ1) is 10.7. The lowest BCUT2D eigenvalue weighted by molar-refractivity contribution is 0.122. The average molecular weight is 356 g/mol. The lowest BCUT2D eigenvalue weighted by atomic mass is 9.99. The molecule has 0 spiro atoms. The Morgan fingerprint density at radius 1 is 1.26 bits per heavy atom. The van der Waals surface area contributed by atoms with Crippen LogP contribution in [0.2, 0.25) is 0 Å². The summed E-state index contributed by atoms with van der Waals surface area (Å²) < 4.78 is 84.8. The number of methoxy groups -OCH3 is 1. The lowest BCUT2D eigenvalue weighted by Gasteiger charge is -2.28. The molecule has 1 aliphatic rings. The van der Waals surface area contributed by atoms with Gasteiger partial charge in [0.1, 0.15) is 0 Å². The summed E-state index contributed by atoms with van der Waals surface area (Å²) in [5.74, 6) is -7.49. The van der Waals surface area contributed by atoms with Crippen molar-refractivity contribution in [3.05, 3.63) is 29.3 Å². The van der Waals surface area contributed by atoms with Crippen LogP contribution in [-0.2, 0) is 14.8 Å². The van der Waals surface area contributed by atoms with Crippen LogP contribution in [0.4, 0.5) is 17.6 Å². The molecule has 2 N–H and O–H groups in total. The van der Waals surface area contributed by atoms with Crippen LogP contribution in [-0.4, -0.2) is 40.8 Å². The van der Waals surface area contributed by atoms with Gasteiger partial charge in [-0.05, 0) is 19.4 Å². The van der Waals surface area contributed by atoms with Crippen LogP contribution in [0.25, 0.3) is 0 Å². The van der Waals surface area contributed by atoms with Gasteiger partial charge >= 0.3 is 0 Å². The number of ether oxygens (including phenoxy) is 1. The molecule has 0 aromatic heterocycles. The van der Waals surface area contributed by atoms with Crippen LogP contribution in [0.5, 0.6) is 0 Å². The molecule has 1 saturated heterocycles. The van der Waals surface area contributed by atoms with Crippen molar-refractivity contribution in [2.75, 3.05) is 26.8 Å². The van der Waals surface area contributed by atoms with Crippen LogP contribution in [0.3, 0.4) is 0 Å². The number of rotatable bonds is 6. The summed E-state index contributed by atoms with van der Waals surface area (Å²) in [4.78, 5) is -1.67. The molecule has 23 heavy (non-hydrogen) atoms. The third kappa shape index (κ3) is 3.65. The zero-order chi connectivity index (χ0) is 17.3. The second kappa shape index (κ2) is 6.71. The van der Waals surface area contributed by atoms with Crippen molar-refractivity contribution in [1.29, 1.82) is 0 Å². The molecule has 1 atom stereocenters. The normalized spacial score (nSPS) is 21.8. The molecule has 1 fully saturated rings. The summed E-state index contributed by atoms with van der Waals surface area (Å²) in [5, 5.41) is 3.06. The second-order valence-electron chi connectivity index (χ2n) is 5.37. The molecule has 1 aromatic rings. The maximum Gasteiger partial charge on any atom is 0.246 e. The molecular formula is C13H16F4N2O3S. The van der Waals surface area contributed by atoms with E-state index in [4.69, 9.17) is 4.74 Å². The molecular weight excluding hydrogens is 340 g/mol. The fraction of sp³-hybridized carbons (Fsp3) is 0.538. The molecule has 0 bridgehead atoms. The van der Waals surface area contributed by atoms with E-state index in [1.807, 2.05) is 4.72 Å². The summed E-state index contributed by atoms with van der Waals surface area (Å²) >= 11 is 0. The quantitative estimate of drug-likeness (QED) is 0.595. The number of nitrogens with one attached hydrogen (secondary N) is 2. The van der Waals surface area contributed by atoms with Gasteiger partial charge in [-0.15, -0.1) is 0 Å². The third-order valence-electron chi connectivity index (χ3n) is 3.69. The number of hydrogen-bond acceptors (Lipinski definition) is 4. The zero-order valence-corrected chi connectivity index (χ0v) is 13.1. The average Bonchev–Trinajstić information content (AvgIpc) is 2.93. The van der Waals surface area contributed by atoms with Crippen molar-refractivity contribution in [3.63, 3.8) is 0 Å². The molecule has 1 aromatic carbocycles. The van der Waals surface area contributed by atoms with Gasteiger partial charge in [0, 0.05) is 19.7 Å². The van der Waals surface area contributed by atoms with Gasteiger partial charge in [-0.25, -0.2) is 30.7 Å². The highest BCUT2D eigenvalue weighted by molar-refractivity contribution is 7.89. The van der Waals surface area contributed by atoms with Crippen molar-refractivity contribution in [1.82, 2.24) is 10.0 Å². The summed E-state index contributed by atoms with van der Waals surface area (Å²) in [5.41, 5.74) is -0.735. The number of sulfonamides is 1. The number of hydrogen-bond donors (Lipinski definition) is 2. The Morgan fingerprint density at radius 2 is 1.87 bits per heavy atom. The van der Waals surface area contributed by atoms with Crippen molar-refractivity contribution >= 4 is 10.0 Å². The molecule has 0 radical (unpaired) electrons. The zero-order valence-electron chi connectivity index (χ0n) is 12.3. The van der Waals surface area contributed by atoms with Crippen molar-refractivity contribution in [2.45, 2.75) is 23.3 Å². The Balaban J connectivity index is 2.30. The molecule has 1 heterocycles. The minimum atomic E-state index is -4.79. The molecule has 2 rings (SSSR count). The summed E-state index contributed by atoms with van der Waals surface area (Å²) in [6, 6.07) is -0.0470. The largest absolute Gasteiger partial charge is 0.383 e. The Bertz CT molecular complexity index is 665. The molecule has 0 amide bonds. The topological polar surface area (TPSA) is 67.4 Å². The Labute approximate surface area is 131 Å². The van der Waals surface area contributed by atoms with Crippen molar-refractivity contribution in [3.8, 4) is 0 Å². The number of benzene rings is 1. The molecule has 10 heteroatoms. The first-order valence-electron chi connectivity index (χ1n) is 6.79. The maximum absolute atomic E-state index is 13.6. The van der Waals surface area contributed by atoms with Crippen LogP contribution in [0, 0.1) is 23.3 Å². The SMILES string of the molecule is COCC1(CNS(=O)(=O)c2c(F)c(F)cc(F)c2F)CCCN1. The molecule has 1 unspecified atom stereocenters. The van der Waals surface area contributed by atoms with Gasteiger partial charge in [0.15, 0.2) is 28.2 Å². The van der Waals surface area contributed by atoms with Gasteiger partial charge in [0.05, 0.1) is 12.1 Å². The fourth-order valence-electron chi connectivity index (χ4n) is 2.56. The molecule has 0 aliphatic carbocycles. The fourth-order valence-corrected chi connectivity index (χ4v) is 3.84. The highest BCUT2D eigenvalue weighted by Gasteiger charge is 2.37. The summed E-state index contributed by atoms with van der Waals surface area (Å²) in [6.45, 7) is 0.556. The molecule has 0 saturated carbocycles. The second-order valence-corrected chi connectivity index (χ2v) is 7.07. The van der Waals surface area contributed by atoms with E-state index in [0.717, 1.165) is 6.42 Å². The van der Waals surface area contributed by atoms with Gasteiger partial charge in [0.25, 0.3) is 0 Å². The van der Waals surface area contributed by atoms with E-state index < -0.39 is 43.7 Å². The van der Waals surface area contributed by atoms with Crippen LogP contribution in [0.15, 0.2) is 11.0 Å². The van der Waals surface area contributed by atoms with Crippen molar-refractivity contribution < 1.29 is 30.7 Å². The van der Waals surface area contributed by atoms with E-state index in [1.165, 1.54) is 7.11 Å². The first kappa shape index (κ1) is 18.1. The first-order valence-corrected chi connectivity index (χ1v) is 8.27. The molecule has 130 valence electrons. The highest BCUT2D eigenvalue weighted by atomic mass is 32.2. The van der Waals surface area contributed by atoms with E-state index in [1.54, 1.807) is 0 Å². The Kier molecular flexibility index (Phi) is 5.29. The minimum absolute atomic E-state index is 0.0470. The van der Waals surface area contributed by atoms with Gasteiger partial charge < -0.3 is 10.1 Å². The monoisotopic (exact) mass is 356 g/mol. The van der Waals surface area contributed by atoms with Gasteiger partial charge in [-0.2, -0.15) is 0 Å². The predicted octanol–water partition coefficient (Wildman–Crippen LogP) is 1.29. The van der Waals surface area contributed by atoms with E-state index >= 15 is 0 Å². The molecule has 1 aliphatic heterocycles. The smallest absolute Gasteiger partial charge is 0.246 e. The van der Waals surface area contributed by atoms with E-state index in [9.17, 15) is 26.0 Å². The van der Waals surface area contributed by atoms with Gasteiger partial charge in [-0.3, -0.25) is 0 Å². The lowest BCUT2D eigenvalue weighted by Crippen LogP contribution is -2.53. The maximum atomic E-state index is 13.6. The van der Waals surface area contributed by atoms with E-state index in [-0.39, 0.29) is 19.2 Å². The van der Waals surface area contributed by atoms with E-state index in [0.29, 0.717) is 13.0 Å². The highest BCUT2D eigenvalue weighted by Crippen LogP contribution is 2.25. The predicted molar refractivity (Wildman–Crippen MR) is 73.3 cm³/mol. The molecule has 5 nitrogen and oxygen atoms in total. The van der Waals surface area contributed by atoms with Gasteiger partial charge in [0.2, 0.25) is 10.0 Å². The van der Waals surface area contributed by atoms with Crippen LogP contribution >= 0.6 is 0 Å². The standard InChI is InChI=1S/C13H16F4N2O3S/c1-22-7-13(3-2-4-18-13)6-19-23(20,21)12-10(16)8(14)5-9(15)11(12)17/h5,18-19H,2-4,6-7H2,1H3. The van der Waals surface area contributed by atoms with Crippen LogP contribution in [0.1, 0.15) is 12.8 Å². The third-order valence-corrected chi connectivity index (χ3v) is 5.11. The Hall–Kier alpha value is -1.23. The van der Waals surface area contributed by atoms with E-state index in [2.05, 4.69) is 5.32 Å². The van der Waals surface area contributed by atoms with Crippen molar-refractivity contribution in [2.24, 2.45) is 0 Å². The number of halogens is 4. The summed E-state index contributed by atoms with van der Waals surface area (Å²) in [7, 11) is -3.36. The van der Waals surface area contributed by atoms with Gasteiger partial charge in [-0.1, -0.05) is 0 Å².